The molecule has 0 spiro atoms. The Balaban J connectivity index is 1.38. The largest absolute Gasteiger partial charge is 0.486 e. The number of ether oxygens (including phenoxy) is 2. The van der Waals surface area contributed by atoms with Crippen molar-refractivity contribution in [3.8, 4) is 11.5 Å². The van der Waals surface area contributed by atoms with Crippen LogP contribution in [0.5, 0.6) is 11.5 Å². The van der Waals surface area contributed by atoms with Crippen LogP contribution in [0.15, 0.2) is 48.7 Å². The number of hydrogen-bond donors (Lipinski definition) is 2. The minimum absolute atomic E-state index is 0.0202. The second kappa shape index (κ2) is 5.93. The Bertz CT molecular complexity index is 831. The van der Waals surface area contributed by atoms with Crippen LogP contribution >= 0.6 is 0 Å². The van der Waals surface area contributed by atoms with E-state index in [0.717, 1.165) is 41.1 Å². The average Bonchev–Trinajstić information content (AvgIpc) is 2.97. The fourth-order valence-corrected chi connectivity index (χ4v) is 2.92. The maximum atomic E-state index is 13.4. The first-order chi connectivity index (χ1) is 11.3. The number of nitrogens with two attached hydrogens (primary N) is 1. The minimum Gasteiger partial charge on any atom is -0.486 e. The zero-order chi connectivity index (χ0) is 15.6. The van der Waals surface area contributed by atoms with Crippen LogP contribution in [0.3, 0.4) is 0 Å². The molecule has 2 aromatic carbocycles. The summed E-state index contributed by atoms with van der Waals surface area (Å²) in [5.41, 5.74) is 2.05. The van der Waals surface area contributed by atoms with Crippen LogP contribution in [0, 0.1) is 5.82 Å². The molecule has 0 bridgehead atoms. The molecule has 0 fully saturated rings. The van der Waals surface area contributed by atoms with Gasteiger partial charge < -0.3 is 19.8 Å². The minimum atomic E-state index is -0.209. The molecule has 4 nitrogen and oxygen atoms in total. The molecule has 23 heavy (non-hydrogen) atoms. The number of quaternary nitrogens is 1. The van der Waals surface area contributed by atoms with Gasteiger partial charge in [0.2, 0.25) is 0 Å². The molecular weight excluding hydrogens is 295 g/mol. The molecule has 0 saturated heterocycles. The lowest BCUT2D eigenvalue weighted by atomic mass is 10.1. The zero-order valence-electron chi connectivity index (χ0n) is 12.6. The van der Waals surface area contributed by atoms with Gasteiger partial charge in [0.05, 0.1) is 0 Å². The Kier molecular flexibility index (Phi) is 3.63. The van der Waals surface area contributed by atoms with Crippen LogP contribution in [0.1, 0.15) is 5.56 Å². The number of aromatic amines is 1. The van der Waals surface area contributed by atoms with Crippen molar-refractivity contribution in [1.82, 2.24) is 4.98 Å². The Morgan fingerprint density at radius 2 is 2.04 bits per heavy atom. The van der Waals surface area contributed by atoms with Crippen molar-refractivity contribution >= 4 is 10.9 Å². The van der Waals surface area contributed by atoms with Crippen LogP contribution in [-0.4, -0.2) is 24.2 Å². The van der Waals surface area contributed by atoms with E-state index in [1.807, 2.05) is 30.5 Å². The van der Waals surface area contributed by atoms with Gasteiger partial charge in [-0.15, -0.1) is 0 Å². The monoisotopic (exact) mass is 313 g/mol. The number of nitrogens with one attached hydrogen (secondary N) is 1. The molecule has 0 aliphatic carbocycles. The van der Waals surface area contributed by atoms with Crippen molar-refractivity contribution in [2.75, 3.05) is 13.2 Å². The van der Waals surface area contributed by atoms with Crippen molar-refractivity contribution in [1.29, 1.82) is 0 Å². The molecular formula is C18H18FN2O2+. The van der Waals surface area contributed by atoms with Gasteiger partial charge in [-0.2, -0.15) is 0 Å². The molecule has 1 aromatic heterocycles. The molecule has 118 valence electrons. The van der Waals surface area contributed by atoms with Crippen LogP contribution < -0.4 is 14.8 Å². The maximum Gasteiger partial charge on any atom is 0.181 e. The third-order valence-electron chi connectivity index (χ3n) is 4.09. The number of fused-ring (bicyclic) bond motifs is 2. The van der Waals surface area contributed by atoms with Crippen molar-refractivity contribution in [3.05, 3.63) is 60.0 Å². The standard InChI is InChI=1S/C18H17FN2O2/c19-13-5-6-16-15(7-13)12(9-21-16)8-20-10-14-11-22-17-3-1-2-4-18(17)23-14/h1-7,9,14,20-21H,8,10-11H2/p+1/t14-/m0/s1. The van der Waals surface area contributed by atoms with Gasteiger partial charge in [0, 0.05) is 22.7 Å². The van der Waals surface area contributed by atoms with Gasteiger partial charge in [-0.1, -0.05) is 12.1 Å². The first-order valence-corrected chi connectivity index (χ1v) is 7.75. The highest BCUT2D eigenvalue weighted by atomic mass is 19.1. The van der Waals surface area contributed by atoms with E-state index in [2.05, 4.69) is 10.3 Å². The van der Waals surface area contributed by atoms with Gasteiger partial charge in [0.25, 0.3) is 0 Å². The van der Waals surface area contributed by atoms with E-state index < -0.39 is 0 Å². The number of halogens is 1. The quantitative estimate of drug-likeness (QED) is 0.776. The van der Waals surface area contributed by atoms with Crippen LogP contribution in [-0.2, 0) is 6.54 Å². The molecule has 2 heterocycles. The van der Waals surface area contributed by atoms with Gasteiger partial charge in [-0.05, 0) is 30.3 Å². The summed E-state index contributed by atoms with van der Waals surface area (Å²) in [5, 5.41) is 3.10. The summed E-state index contributed by atoms with van der Waals surface area (Å²) < 4.78 is 25.0. The summed E-state index contributed by atoms with van der Waals surface area (Å²) in [5.74, 6) is 1.39. The van der Waals surface area contributed by atoms with Gasteiger partial charge >= 0.3 is 0 Å². The fraction of sp³-hybridized carbons (Fsp3) is 0.222. The lowest BCUT2D eigenvalue weighted by molar-refractivity contribution is -0.675. The highest BCUT2D eigenvalue weighted by molar-refractivity contribution is 5.82. The van der Waals surface area contributed by atoms with E-state index in [0.29, 0.717) is 6.61 Å². The van der Waals surface area contributed by atoms with Crippen molar-refractivity contribution in [2.24, 2.45) is 0 Å². The summed E-state index contributed by atoms with van der Waals surface area (Å²) in [4.78, 5) is 3.17. The molecule has 1 atom stereocenters. The maximum absolute atomic E-state index is 13.4. The Morgan fingerprint density at radius 3 is 2.96 bits per heavy atom. The van der Waals surface area contributed by atoms with E-state index in [9.17, 15) is 4.39 Å². The lowest BCUT2D eigenvalue weighted by Crippen LogP contribution is -2.85. The van der Waals surface area contributed by atoms with Gasteiger partial charge in [0.1, 0.15) is 25.5 Å². The van der Waals surface area contributed by atoms with E-state index >= 15 is 0 Å². The second-order valence-electron chi connectivity index (χ2n) is 5.73. The van der Waals surface area contributed by atoms with E-state index in [1.54, 1.807) is 12.1 Å². The first kappa shape index (κ1) is 14.1. The third-order valence-corrected chi connectivity index (χ3v) is 4.09. The molecule has 0 radical (unpaired) electrons. The number of benzene rings is 2. The summed E-state index contributed by atoms with van der Waals surface area (Å²) in [6.07, 6.45) is 1.96. The number of H-pyrrole nitrogens is 1. The molecule has 0 unspecified atom stereocenters. The zero-order valence-corrected chi connectivity index (χ0v) is 12.6. The van der Waals surface area contributed by atoms with Crippen LogP contribution in [0.25, 0.3) is 10.9 Å². The van der Waals surface area contributed by atoms with Crippen LogP contribution in [0.2, 0.25) is 0 Å². The SMILES string of the molecule is Fc1ccc2[nH]cc(C[NH2+]C[C@H]3COc4ccccc4O3)c2c1. The van der Waals surface area contributed by atoms with Crippen molar-refractivity contribution in [2.45, 2.75) is 12.6 Å². The van der Waals surface area contributed by atoms with E-state index in [4.69, 9.17) is 9.47 Å². The second-order valence-corrected chi connectivity index (χ2v) is 5.73. The van der Waals surface area contributed by atoms with E-state index in [-0.39, 0.29) is 11.9 Å². The number of rotatable bonds is 4. The summed E-state index contributed by atoms with van der Waals surface area (Å²) in [7, 11) is 0. The molecule has 5 heteroatoms. The highest BCUT2D eigenvalue weighted by Gasteiger charge is 2.21. The molecule has 1 aliphatic heterocycles. The van der Waals surface area contributed by atoms with E-state index in [1.165, 1.54) is 6.07 Å². The third kappa shape index (κ3) is 2.87. The molecule has 3 aromatic rings. The number of aromatic nitrogens is 1. The van der Waals surface area contributed by atoms with Gasteiger partial charge in [-0.25, -0.2) is 4.39 Å². The van der Waals surface area contributed by atoms with Crippen LogP contribution in [0.4, 0.5) is 4.39 Å². The lowest BCUT2D eigenvalue weighted by Gasteiger charge is -2.25. The molecule has 0 saturated carbocycles. The summed E-state index contributed by atoms with van der Waals surface area (Å²) in [6, 6.07) is 12.5. The fourth-order valence-electron chi connectivity index (χ4n) is 2.92. The predicted octanol–water partition coefficient (Wildman–Crippen LogP) is 2.21. The van der Waals surface area contributed by atoms with Crippen molar-refractivity contribution < 1.29 is 19.2 Å². The molecule has 4 rings (SSSR count). The molecule has 1 aliphatic rings. The normalized spacial score (nSPS) is 16.7. The molecule has 0 amide bonds. The highest BCUT2D eigenvalue weighted by Crippen LogP contribution is 2.30. The van der Waals surface area contributed by atoms with Gasteiger partial charge in [0.15, 0.2) is 17.6 Å². The number of para-hydroxylation sites is 2. The first-order valence-electron chi connectivity index (χ1n) is 7.75. The molecule has 3 N–H and O–H groups in total. The summed E-state index contributed by atoms with van der Waals surface area (Å²) >= 11 is 0. The topological polar surface area (TPSA) is 50.9 Å². The Labute approximate surface area is 133 Å². The number of hydrogen-bond acceptors (Lipinski definition) is 2. The Hall–Kier alpha value is -2.53. The predicted molar refractivity (Wildman–Crippen MR) is 85.1 cm³/mol. The average molecular weight is 313 g/mol. The smallest absolute Gasteiger partial charge is 0.181 e. The van der Waals surface area contributed by atoms with Crippen molar-refractivity contribution in [3.63, 3.8) is 0 Å². The van der Waals surface area contributed by atoms with Gasteiger partial charge in [-0.3, -0.25) is 0 Å². The Morgan fingerprint density at radius 1 is 1.17 bits per heavy atom. The summed E-state index contributed by atoms with van der Waals surface area (Å²) in [6.45, 7) is 2.11.